The second-order valence-electron chi connectivity index (χ2n) is 15.6. The van der Waals surface area contributed by atoms with Crippen LogP contribution in [0.1, 0.15) is 0 Å². The van der Waals surface area contributed by atoms with Crippen LogP contribution in [0.4, 0.5) is 17.1 Å². The van der Waals surface area contributed by atoms with E-state index in [0.717, 1.165) is 17.1 Å². The van der Waals surface area contributed by atoms with E-state index in [4.69, 9.17) is 0 Å². The zero-order valence-corrected chi connectivity index (χ0v) is 34.8. The van der Waals surface area contributed by atoms with Gasteiger partial charge in [0.25, 0.3) is 0 Å². The van der Waals surface area contributed by atoms with Crippen LogP contribution in [0.5, 0.6) is 0 Å². The van der Waals surface area contributed by atoms with E-state index in [1.54, 1.807) is 0 Å². The molecule has 0 N–H and O–H groups in total. The first-order valence-corrected chi connectivity index (χ1v) is 22.4. The van der Waals surface area contributed by atoms with Crippen LogP contribution in [-0.4, -0.2) is 0 Å². The van der Waals surface area contributed by atoms with Gasteiger partial charge in [0, 0.05) is 57.3 Å². The fourth-order valence-electron chi connectivity index (χ4n) is 9.21. The Balaban J connectivity index is 1.00. The number of para-hydroxylation sites is 1. The van der Waals surface area contributed by atoms with Gasteiger partial charge in [0.1, 0.15) is 0 Å². The number of anilines is 3. The van der Waals surface area contributed by atoms with Gasteiger partial charge in [-0.2, -0.15) is 0 Å². The molecule has 3 heteroatoms. The lowest BCUT2D eigenvalue weighted by Crippen LogP contribution is -2.11. The quantitative estimate of drug-likeness (QED) is 0.155. The fraction of sp³-hybridized carbons (Fsp3) is 0. The van der Waals surface area contributed by atoms with Gasteiger partial charge in [-0.3, -0.25) is 0 Å². The van der Waals surface area contributed by atoms with E-state index < -0.39 is 0 Å². The minimum atomic E-state index is 1.10. The normalized spacial score (nSPS) is 11.6. The van der Waals surface area contributed by atoms with Crippen LogP contribution in [0.2, 0.25) is 0 Å². The summed E-state index contributed by atoms with van der Waals surface area (Å²) in [6, 6.07) is 82.4. The van der Waals surface area contributed by atoms with Gasteiger partial charge in [0.2, 0.25) is 0 Å². The maximum atomic E-state index is 2.44. The van der Waals surface area contributed by atoms with Crippen molar-refractivity contribution in [3.05, 3.63) is 224 Å². The lowest BCUT2D eigenvalue weighted by atomic mass is 9.95. The molecule has 10 aromatic carbocycles. The first-order chi connectivity index (χ1) is 30.2. The number of thiophene rings is 2. The maximum Gasteiger partial charge on any atom is 0.0540 e. The first-order valence-electron chi connectivity index (χ1n) is 20.7. The Hall–Kier alpha value is -7.30. The molecule has 2 aromatic heterocycles. The smallest absolute Gasteiger partial charge is 0.0540 e. The Morgan fingerprint density at radius 2 is 0.770 bits per heavy atom. The molecule has 12 rings (SSSR count). The summed E-state index contributed by atoms with van der Waals surface area (Å²) in [5.74, 6) is 0. The Morgan fingerprint density at radius 3 is 1.51 bits per heavy atom. The van der Waals surface area contributed by atoms with E-state index >= 15 is 0 Å². The highest BCUT2D eigenvalue weighted by molar-refractivity contribution is 7.26. The predicted molar refractivity (Wildman–Crippen MR) is 266 cm³/mol. The lowest BCUT2D eigenvalue weighted by molar-refractivity contribution is 1.28. The molecule has 2 heterocycles. The van der Waals surface area contributed by atoms with Gasteiger partial charge in [-0.15, -0.1) is 22.7 Å². The van der Waals surface area contributed by atoms with Crippen LogP contribution < -0.4 is 4.90 Å². The van der Waals surface area contributed by atoms with E-state index in [-0.39, 0.29) is 0 Å². The summed E-state index contributed by atoms with van der Waals surface area (Å²) in [5.41, 5.74) is 13.0. The minimum Gasteiger partial charge on any atom is -0.310 e. The summed E-state index contributed by atoms with van der Waals surface area (Å²) in [5, 5.41) is 7.74. The Morgan fingerprint density at radius 1 is 0.279 bits per heavy atom. The van der Waals surface area contributed by atoms with Crippen LogP contribution in [0.15, 0.2) is 224 Å². The monoisotopic (exact) mass is 811 g/mol. The van der Waals surface area contributed by atoms with E-state index in [0.29, 0.717) is 0 Å². The third kappa shape index (κ3) is 6.13. The molecule has 1 nitrogen and oxygen atoms in total. The molecule has 286 valence electrons. The maximum absolute atomic E-state index is 2.44. The molecule has 0 amide bonds. The molecule has 0 saturated heterocycles. The van der Waals surface area contributed by atoms with Crippen molar-refractivity contribution in [3.63, 3.8) is 0 Å². The number of hydrogen-bond acceptors (Lipinski definition) is 3. The van der Waals surface area contributed by atoms with E-state index in [1.807, 2.05) is 22.7 Å². The SMILES string of the molecule is c1cc(-c2cccc(N(c3ccc(-c4cccc5c4sc4ccccc45)cc3)c3ccccc3-c3cccc4ccccc34)c2)cc(-c2cccc3c2sc2ccccc23)c1. The summed E-state index contributed by atoms with van der Waals surface area (Å²) < 4.78 is 5.30. The molecule has 0 radical (unpaired) electrons. The van der Waals surface area contributed by atoms with Crippen molar-refractivity contribution in [2.24, 2.45) is 0 Å². The molecular weight excluding hydrogens is 775 g/mol. The largest absolute Gasteiger partial charge is 0.310 e. The number of rotatable bonds is 7. The van der Waals surface area contributed by atoms with E-state index in [1.165, 1.54) is 95.6 Å². The molecule has 0 aliphatic heterocycles. The zero-order valence-electron chi connectivity index (χ0n) is 33.1. The average molecular weight is 812 g/mol. The highest BCUT2D eigenvalue weighted by atomic mass is 32.1. The van der Waals surface area contributed by atoms with Crippen LogP contribution in [-0.2, 0) is 0 Å². The Bertz CT molecular complexity index is 3600. The second kappa shape index (κ2) is 14.8. The van der Waals surface area contributed by atoms with Crippen molar-refractivity contribution in [2.75, 3.05) is 4.90 Å². The van der Waals surface area contributed by atoms with Gasteiger partial charge in [-0.1, -0.05) is 176 Å². The minimum absolute atomic E-state index is 1.10. The van der Waals surface area contributed by atoms with E-state index in [9.17, 15) is 0 Å². The third-order valence-electron chi connectivity index (χ3n) is 12.1. The van der Waals surface area contributed by atoms with Crippen molar-refractivity contribution in [3.8, 4) is 44.5 Å². The molecule has 0 aliphatic rings. The van der Waals surface area contributed by atoms with Crippen molar-refractivity contribution in [1.29, 1.82) is 0 Å². The molecule has 0 aliphatic carbocycles. The van der Waals surface area contributed by atoms with Gasteiger partial charge >= 0.3 is 0 Å². The standard InChI is InChI=1S/C58H37NS2/c1-2-20-45-38(14-1)15-11-26-48(45)49-21-3-6-29-54(49)59(43-34-32-39(33-35-43)46-24-12-27-52-50-22-4-7-30-55(50)60-57(46)52)44-19-10-17-41(37-44)40-16-9-18-42(36-40)47-25-13-28-53-51-23-5-8-31-56(51)61-58(47)53/h1-37H. The zero-order chi connectivity index (χ0) is 40.3. The molecule has 0 unspecified atom stereocenters. The molecule has 12 aromatic rings. The van der Waals surface area contributed by atoms with Crippen molar-refractivity contribution >= 4 is 90.9 Å². The molecule has 0 spiro atoms. The van der Waals surface area contributed by atoms with Crippen molar-refractivity contribution in [2.45, 2.75) is 0 Å². The molecule has 0 fully saturated rings. The van der Waals surface area contributed by atoms with Gasteiger partial charge in [-0.05, 0) is 98.2 Å². The summed E-state index contributed by atoms with van der Waals surface area (Å²) in [7, 11) is 0. The third-order valence-corrected chi connectivity index (χ3v) is 14.5. The van der Waals surface area contributed by atoms with Gasteiger partial charge in [0.15, 0.2) is 0 Å². The Labute approximate surface area is 362 Å². The van der Waals surface area contributed by atoms with Gasteiger partial charge < -0.3 is 4.90 Å². The summed E-state index contributed by atoms with van der Waals surface area (Å²) in [6.07, 6.45) is 0. The van der Waals surface area contributed by atoms with Gasteiger partial charge in [-0.25, -0.2) is 0 Å². The summed E-state index contributed by atoms with van der Waals surface area (Å²) in [6.45, 7) is 0. The summed E-state index contributed by atoms with van der Waals surface area (Å²) in [4.78, 5) is 2.44. The summed E-state index contributed by atoms with van der Waals surface area (Å²) >= 11 is 3.76. The number of fused-ring (bicyclic) bond motifs is 7. The number of benzene rings is 10. The molecule has 61 heavy (non-hydrogen) atoms. The first kappa shape index (κ1) is 35.6. The van der Waals surface area contributed by atoms with Crippen LogP contribution >= 0.6 is 22.7 Å². The number of nitrogens with zero attached hydrogens (tertiary/aromatic N) is 1. The predicted octanol–water partition coefficient (Wildman–Crippen LogP) is 17.7. The van der Waals surface area contributed by atoms with E-state index in [2.05, 4.69) is 229 Å². The number of hydrogen-bond donors (Lipinski definition) is 0. The van der Waals surface area contributed by atoms with Crippen LogP contribution in [0, 0.1) is 0 Å². The topological polar surface area (TPSA) is 3.24 Å². The highest BCUT2D eigenvalue weighted by Gasteiger charge is 2.20. The van der Waals surface area contributed by atoms with Crippen LogP contribution in [0.25, 0.3) is 95.6 Å². The molecule has 0 saturated carbocycles. The van der Waals surface area contributed by atoms with Crippen molar-refractivity contribution < 1.29 is 0 Å². The molecule has 0 atom stereocenters. The fourth-order valence-corrected chi connectivity index (χ4v) is 11.7. The molecular formula is C58H37NS2. The lowest BCUT2D eigenvalue weighted by Gasteiger charge is -2.29. The second-order valence-corrected chi connectivity index (χ2v) is 17.7. The Kier molecular flexibility index (Phi) is 8.62. The highest BCUT2D eigenvalue weighted by Crippen LogP contribution is 2.46. The van der Waals surface area contributed by atoms with Gasteiger partial charge in [0.05, 0.1) is 5.69 Å². The molecule has 0 bridgehead atoms. The average Bonchev–Trinajstić information content (AvgIpc) is 3.91. The van der Waals surface area contributed by atoms with Crippen molar-refractivity contribution in [1.82, 2.24) is 0 Å². The van der Waals surface area contributed by atoms with Crippen LogP contribution in [0.3, 0.4) is 0 Å².